The number of hydrogen-bond donors (Lipinski definition) is 2. The fourth-order valence-corrected chi connectivity index (χ4v) is 4.61. The van der Waals surface area contributed by atoms with Crippen molar-refractivity contribution in [2.75, 3.05) is 53.1 Å². The molecule has 1 aromatic rings. The van der Waals surface area contributed by atoms with Crippen LogP contribution in [0.1, 0.15) is 31.2 Å². The molecule has 1 aromatic carbocycles. The van der Waals surface area contributed by atoms with Crippen LogP contribution in [0, 0.1) is 17.2 Å². The normalized spacial score (nSPS) is 19.9. The Morgan fingerprint density at radius 2 is 1.97 bits per heavy atom. The van der Waals surface area contributed by atoms with E-state index in [1.54, 1.807) is 0 Å². The van der Waals surface area contributed by atoms with Gasteiger partial charge in [-0.2, -0.15) is 13.2 Å². The summed E-state index contributed by atoms with van der Waals surface area (Å²) >= 11 is 0. The molecule has 0 radical (unpaired) electrons. The minimum atomic E-state index is -4.60. The van der Waals surface area contributed by atoms with E-state index < -0.39 is 24.0 Å². The summed E-state index contributed by atoms with van der Waals surface area (Å²) in [5.74, 6) is -1.61. The first-order chi connectivity index (χ1) is 16.7. The van der Waals surface area contributed by atoms with Gasteiger partial charge >= 0.3 is 12.1 Å². The Balaban J connectivity index is 1.56. The first-order valence-electron chi connectivity index (χ1n) is 11.5. The lowest BCUT2D eigenvalue weighted by molar-refractivity contribution is -0.160. The number of oxime groups is 1. The van der Waals surface area contributed by atoms with Gasteiger partial charge in [-0.15, -0.1) is 0 Å². The largest absolute Gasteiger partial charge is 0.483 e. The Labute approximate surface area is 201 Å². The molecule has 0 amide bonds. The highest BCUT2D eigenvalue weighted by Gasteiger charge is 2.43. The van der Waals surface area contributed by atoms with Crippen LogP contribution in [0.25, 0.3) is 0 Å². The molecule has 2 N–H and O–H groups in total. The standard InChI is InChI=1S/C23H31F4N3O5/c1-33-21(31)22(7-11-34-12-8-22)14-30-9-5-16(6-10-30)13-28-20(29-32)19-17(24)3-2-4-18(19)35-15-23(25,26)27/h2-4,16,32H,5-15H2,1H3,(H,28,29). The van der Waals surface area contributed by atoms with Gasteiger partial charge in [-0.25, -0.2) is 4.39 Å². The summed E-state index contributed by atoms with van der Waals surface area (Å²) in [6.45, 7) is 1.82. The van der Waals surface area contributed by atoms with Gasteiger partial charge in [0, 0.05) is 26.3 Å². The summed E-state index contributed by atoms with van der Waals surface area (Å²) in [6.07, 6.45) is -1.83. The zero-order valence-electron chi connectivity index (χ0n) is 19.6. The van der Waals surface area contributed by atoms with E-state index in [0.29, 0.717) is 39.1 Å². The number of rotatable bonds is 8. The number of alkyl halides is 3. The molecular weight excluding hydrogens is 474 g/mol. The van der Waals surface area contributed by atoms with Gasteiger partial charge in [0.1, 0.15) is 11.6 Å². The quantitative estimate of drug-likeness (QED) is 0.140. The van der Waals surface area contributed by atoms with Crippen LogP contribution in [-0.4, -0.2) is 81.2 Å². The van der Waals surface area contributed by atoms with Crippen LogP contribution in [0.3, 0.4) is 0 Å². The van der Waals surface area contributed by atoms with Crippen molar-refractivity contribution in [3.05, 3.63) is 29.6 Å². The van der Waals surface area contributed by atoms with Gasteiger partial charge < -0.3 is 29.6 Å². The van der Waals surface area contributed by atoms with E-state index >= 15 is 0 Å². The van der Waals surface area contributed by atoms with Gasteiger partial charge in [0.25, 0.3) is 0 Å². The predicted molar refractivity (Wildman–Crippen MR) is 118 cm³/mol. The minimum absolute atomic E-state index is 0.151. The van der Waals surface area contributed by atoms with Crippen molar-refractivity contribution in [2.24, 2.45) is 16.5 Å². The molecule has 2 saturated heterocycles. The van der Waals surface area contributed by atoms with E-state index in [4.69, 9.17) is 14.2 Å². The molecule has 2 aliphatic heterocycles. The number of nitrogens with zero attached hydrogens (tertiary/aromatic N) is 2. The fraction of sp³-hybridized carbons (Fsp3) is 0.652. The van der Waals surface area contributed by atoms with Crippen LogP contribution in [0.5, 0.6) is 5.75 Å². The minimum Gasteiger partial charge on any atom is -0.483 e. The van der Waals surface area contributed by atoms with Crippen LogP contribution in [0.2, 0.25) is 0 Å². The number of esters is 1. The number of carbonyl (C=O) groups excluding carboxylic acids is 1. The fourth-order valence-electron chi connectivity index (χ4n) is 4.61. The highest BCUT2D eigenvalue weighted by Crippen LogP contribution is 2.34. The summed E-state index contributed by atoms with van der Waals surface area (Å²) in [6, 6.07) is 3.45. The number of methoxy groups -OCH3 is 1. The van der Waals surface area contributed by atoms with Gasteiger partial charge in [0.2, 0.25) is 0 Å². The number of hydrogen-bond acceptors (Lipinski definition) is 7. The Kier molecular flexibility index (Phi) is 9.17. The maximum Gasteiger partial charge on any atom is 0.422 e. The van der Waals surface area contributed by atoms with Gasteiger partial charge in [-0.3, -0.25) is 4.79 Å². The number of piperidine rings is 1. The molecule has 12 heteroatoms. The van der Waals surface area contributed by atoms with E-state index in [-0.39, 0.29) is 29.0 Å². The monoisotopic (exact) mass is 505 g/mol. The lowest BCUT2D eigenvalue weighted by Gasteiger charge is -2.41. The Bertz CT molecular complexity index is 882. The summed E-state index contributed by atoms with van der Waals surface area (Å²) in [4.78, 5) is 14.7. The van der Waals surface area contributed by atoms with E-state index in [2.05, 4.69) is 15.4 Å². The molecule has 3 rings (SSSR count). The van der Waals surface area contributed by atoms with E-state index in [0.717, 1.165) is 32.0 Å². The van der Waals surface area contributed by atoms with Gasteiger partial charge in [0.15, 0.2) is 12.4 Å². The molecule has 0 unspecified atom stereocenters. The predicted octanol–water partition coefficient (Wildman–Crippen LogP) is 3.17. The molecule has 2 fully saturated rings. The number of ether oxygens (including phenoxy) is 3. The molecule has 0 atom stereocenters. The van der Waals surface area contributed by atoms with Crippen molar-refractivity contribution in [1.29, 1.82) is 0 Å². The van der Waals surface area contributed by atoms with Crippen molar-refractivity contribution in [3.8, 4) is 5.75 Å². The summed E-state index contributed by atoms with van der Waals surface area (Å²) < 4.78 is 67.3. The molecule has 0 saturated carbocycles. The zero-order valence-corrected chi connectivity index (χ0v) is 19.6. The summed E-state index contributed by atoms with van der Waals surface area (Å²) in [5.41, 5.74) is -0.942. The molecule has 2 heterocycles. The highest BCUT2D eigenvalue weighted by atomic mass is 19.4. The second-order valence-corrected chi connectivity index (χ2v) is 8.95. The number of benzene rings is 1. The third-order valence-corrected chi connectivity index (χ3v) is 6.56. The summed E-state index contributed by atoms with van der Waals surface area (Å²) in [5, 5.41) is 15.4. The second-order valence-electron chi connectivity index (χ2n) is 8.95. The smallest absolute Gasteiger partial charge is 0.422 e. The molecule has 35 heavy (non-hydrogen) atoms. The van der Waals surface area contributed by atoms with E-state index in [1.165, 1.54) is 19.2 Å². The van der Waals surface area contributed by atoms with Gasteiger partial charge in [0.05, 0.1) is 18.1 Å². The highest BCUT2D eigenvalue weighted by molar-refractivity contribution is 6.01. The van der Waals surface area contributed by atoms with Gasteiger partial charge in [-0.05, 0) is 56.8 Å². The second kappa shape index (κ2) is 11.9. The van der Waals surface area contributed by atoms with Crippen LogP contribution < -0.4 is 10.1 Å². The number of likely N-dealkylation sites (tertiary alicyclic amines) is 1. The lowest BCUT2D eigenvalue weighted by Crippen LogP contribution is -2.49. The van der Waals surface area contributed by atoms with Crippen LogP contribution in [-0.2, 0) is 14.3 Å². The molecule has 0 aromatic heterocycles. The van der Waals surface area contributed by atoms with E-state index in [9.17, 15) is 27.6 Å². The summed E-state index contributed by atoms with van der Waals surface area (Å²) in [7, 11) is 1.40. The maximum atomic E-state index is 14.4. The Hall–Kier alpha value is -2.60. The van der Waals surface area contributed by atoms with Crippen molar-refractivity contribution in [2.45, 2.75) is 31.9 Å². The molecule has 0 bridgehead atoms. The van der Waals surface area contributed by atoms with Crippen LogP contribution in [0.4, 0.5) is 17.6 Å². The molecule has 2 aliphatic rings. The Morgan fingerprint density at radius 1 is 1.29 bits per heavy atom. The molecule has 0 aliphatic carbocycles. The van der Waals surface area contributed by atoms with Gasteiger partial charge in [-0.1, -0.05) is 11.2 Å². The van der Waals surface area contributed by atoms with Crippen molar-refractivity contribution in [1.82, 2.24) is 10.2 Å². The molecule has 8 nitrogen and oxygen atoms in total. The Morgan fingerprint density at radius 3 is 2.57 bits per heavy atom. The molecular formula is C23H31F4N3O5. The van der Waals surface area contributed by atoms with E-state index in [1.807, 2.05) is 0 Å². The molecule has 0 spiro atoms. The van der Waals surface area contributed by atoms with Crippen molar-refractivity contribution < 1.29 is 41.8 Å². The number of nitrogens with one attached hydrogen (secondary N) is 1. The van der Waals surface area contributed by atoms with Crippen molar-refractivity contribution in [3.63, 3.8) is 0 Å². The SMILES string of the molecule is COC(=O)C1(CN2CCC(CNC(=NO)c3c(F)cccc3OCC(F)(F)F)CC2)CCOCC1. The third kappa shape index (κ3) is 7.20. The topological polar surface area (TPSA) is 92.6 Å². The third-order valence-electron chi connectivity index (χ3n) is 6.56. The number of amidine groups is 1. The first-order valence-corrected chi connectivity index (χ1v) is 11.5. The number of carbonyl (C=O) groups is 1. The lowest BCUT2D eigenvalue weighted by atomic mass is 9.79. The number of halogens is 4. The average molecular weight is 506 g/mol. The van der Waals surface area contributed by atoms with Crippen LogP contribution >= 0.6 is 0 Å². The first kappa shape index (κ1) is 27.0. The average Bonchev–Trinajstić information content (AvgIpc) is 2.84. The zero-order chi connectivity index (χ0) is 25.5. The van der Waals surface area contributed by atoms with Crippen molar-refractivity contribution >= 4 is 11.8 Å². The maximum absolute atomic E-state index is 14.4. The molecule has 196 valence electrons. The van der Waals surface area contributed by atoms with Crippen LogP contribution in [0.15, 0.2) is 23.4 Å².